The molecule has 0 aliphatic carbocycles. The van der Waals surface area contributed by atoms with Gasteiger partial charge in [0.1, 0.15) is 4.60 Å². The average molecular weight is 379 g/mol. The Labute approximate surface area is 130 Å². The lowest BCUT2D eigenvalue weighted by molar-refractivity contribution is -0.144. The highest BCUT2D eigenvalue weighted by Crippen LogP contribution is 2.29. The predicted octanol–water partition coefficient (Wildman–Crippen LogP) is 1.67. The molecule has 2 aromatic rings. The quantitative estimate of drug-likeness (QED) is 0.861. The minimum atomic E-state index is -4.69. The number of halogens is 4. The fourth-order valence-corrected chi connectivity index (χ4v) is 2.75. The molecule has 0 saturated carbocycles. The number of aryl methyl sites for hydroxylation is 2. The van der Waals surface area contributed by atoms with E-state index >= 15 is 0 Å². The number of aromatic nitrogens is 5. The molecular weight excluding hydrogens is 369 g/mol. The molecule has 0 bridgehead atoms. The van der Waals surface area contributed by atoms with Gasteiger partial charge in [0.15, 0.2) is 0 Å². The summed E-state index contributed by atoms with van der Waals surface area (Å²) in [6.07, 6.45) is -4.07. The molecule has 0 aromatic carbocycles. The number of carbonyl (C=O) groups excluding carboxylic acids is 1. The largest absolute Gasteiger partial charge is 0.453 e. The summed E-state index contributed by atoms with van der Waals surface area (Å²) in [5.74, 6) is -2.43. The summed E-state index contributed by atoms with van der Waals surface area (Å²) in [6.45, 7) is 0.624. The molecule has 1 atom stereocenters. The molecule has 7 nitrogen and oxygen atoms in total. The maximum Gasteiger partial charge on any atom is 0.453 e. The Morgan fingerprint density at radius 1 is 1.45 bits per heavy atom. The standard InChI is InChI=1S/C11H10BrF3N6O/c1-20-8(17-10(19-20)11(13,14)15)9(22)16-5-2-3-21-6(5)4-7(12)18-21/h4-5H,2-3H2,1H3,(H,16,22). The highest BCUT2D eigenvalue weighted by Gasteiger charge is 2.38. The summed E-state index contributed by atoms with van der Waals surface area (Å²) in [4.78, 5) is 15.4. The van der Waals surface area contributed by atoms with E-state index in [1.165, 1.54) is 7.05 Å². The Morgan fingerprint density at radius 3 is 2.82 bits per heavy atom. The van der Waals surface area contributed by atoms with Crippen LogP contribution in [0.15, 0.2) is 10.7 Å². The maximum atomic E-state index is 12.6. The molecule has 0 saturated heterocycles. The molecule has 1 unspecified atom stereocenters. The number of fused-ring (bicyclic) bond motifs is 1. The third-order valence-corrected chi connectivity index (χ3v) is 3.68. The van der Waals surface area contributed by atoms with Crippen molar-refractivity contribution in [2.45, 2.75) is 25.2 Å². The van der Waals surface area contributed by atoms with Gasteiger partial charge in [0.2, 0.25) is 5.82 Å². The van der Waals surface area contributed by atoms with E-state index in [9.17, 15) is 18.0 Å². The van der Waals surface area contributed by atoms with Crippen LogP contribution < -0.4 is 5.32 Å². The van der Waals surface area contributed by atoms with Gasteiger partial charge in [-0.3, -0.25) is 9.48 Å². The van der Waals surface area contributed by atoms with E-state index in [1.807, 2.05) is 0 Å². The number of hydrogen-bond acceptors (Lipinski definition) is 4. The lowest BCUT2D eigenvalue weighted by atomic mass is 10.2. The van der Waals surface area contributed by atoms with Crippen LogP contribution in [-0.4, -0.2) is 30.5 Å². The van der Waals surface area contributed by atoms with Crippen LogP contribution in [-0.2, 0) is 19.8 Å². The van der Waals surface area contributed by atoms with E-state index in [0.717, 1.165) is 10.4 Å². The van der Waals surface area contributed by atoms with Gasteiger partial charge in [-0.25, -0.2) is 4.68 Å². The summed E-state index contributed by atoms with van der Waals surface area (Å²) in [7, 11) is 1.24. The maximum absolute atomic E-state index is 12.6. The number of alkyl halides is 3. The van der Waals surface area contributed by atoms with E-state index in [1.54, 1.807) is 10.7 Å². The van der Waals surface area contributed by atoms with Crippen LogP contribution in [0.5, 0.6) is 0 Å². The van der Waals surface area contributed by atoms with Crippen LogP contribution in [0.1, 0.15) is 34.6 Å². The lowest BCUT2D eigenvalue weighted by Gasteiger charge is -2.10. The molecule has 1 aliphatic rings. The smallest absolute Gasteiger partial charge is 0.341 e. The Hall–Kier alpha value is -1.91. The van der Waals surface area contributed by atoms with Crippen molar-refractivity contribution in [2.75, 3.05) is 0 Å². The van der Waals surface area contributed by atoms with Crippen LogP contribution >= 0.6 is 15.9 Å². The summed E-state index contributed by atoms with van der Waals surface area (Å²) >= 11 is 3.24. The zero-order chi connectivity index (χ0) is 16.1. The normalized spacial score (nSPS) is 17.6. The van der Waals surface area contributed by atoms with Gasteiger partial charge in [-0.2, -0.15) is 23.3 Å². The topological polar surface area (TPSA) is 77.6 Å². The van der Waals surface area contributed by atoms with Crippen LogP contribution in [0.3, 0.4) is 0 Å². The molecule has 0 fully saturated rings. The van der Waals surface area contributed by atoms with Crippen molar-refractivity contribution in [3.05, 3.63) is 28.0 Å². The third-order valence-electron chi connectivity index (χ3n) is 3.29. The number of nitrogens with zero attached hydrogens (tertiary/aromatic N) is 5. The van der Waals surface area contributed by atoms with Crippen LogP contribution in [0.4, 0.5) is 13.2 Å². The molecular formula is C11H10BrF3N6O. The Kier molecular flexibility index (Phi) is 3.46. The van der Waals surface area contributed by atoms with Crippen molar-refractivity contribution in [2.24, 2.45) is 7.05 Å². The van der Waals surface area contributed by atoms with E-state index in [-0.39, 0.29) is 11.9 Å². The summed E-state index contributed by atoms with van der Waals surface area (Å²) in [5.41, 5.74) is 0.790. The predicted molar refractivity (Wildman–Crippen MR) is 70.8 cm³/mol. The van der Waals surface area contributed by atoms with Gasteiger partial charge in [0, 0.05) is 13.6 Å². The van der Waals surface area contributed by atoms with Crippen LogP contribution in [0, 0.1) is 0 Å². The molecule has 2 aromatic heterocycles. The van der Waals surface area contributed by atoms with Crippen molar-refractivity contribution < 1.29 is 18.0 Å². The van der Waals surface area contributed by atoms with Gasteiger partial charge in [-0.1, -0.05) is 0 Å². The van der Waals surface area contributed by atoms with Crippen molar-refractivity contribution >= 4 is 21.8 Å². The SMILES string of the molecule is Cn1nc(C(F)(F)F)nc1C(=O)NC1CCn2nc(Br)cc21. The van der Waals surface area contributed by atoms with Crippen LogP contribution in [0.25, 0.3) is 0 Å². The molecule has 3 heterocycles. The second-order valence-electron chi connectivity index (χ2n) is 4.81. The van der Waals surface area contributed by atoms with Gasteiger partial charge in [0.05, 0.1) is 11.7 Å². The van der Waals surface area contributed by atoms with Crippen molar-refractivity contribution in [3.8, 4) is 0 Å². The Balaban J connectivity index is 1.80. The third kappa shape index (κ3) is 2.60. The number of amides is 1. The number of rotatable bonds is 2. The van der Waals surface area contributed by atoms with E-state index < -0.39 is 17.9 Å². The minimum Gasteiger partial charge on any atom is -0.341 e. The highest BCUT2D eigenvalue weighted by atomic mass is 79.9. The molecule has 22 heavy (non-hydrogen) atoms. The summed E-state index contributed by atoms with van der Waals surface area (Å²) < 4.78 is 40.9. The monoisotopic (exact) mass is 378 g/mol. The van der Waals surface area contributed by atoms with E-state index in [0.29, 0.717) is 17.6 Å². The fourth-order valence-electron chi connectivity index (χ4n) is 2.33. The minimum absolute atomic E-state index is 0.322. The first-order valence-corrected chi connectivity index (χ1v) is 7.07. The van der Waals surface area contributed by atoms with Gasteiger partial charge < -0.3 is 5.32 Å². The summed E-state index contributed by atoms with van der Waals surface area (Å²) in [6, 6.07) is 1.44. The number of nitrogens with one attached hydrogen (secondary N) is 1. The molecule has 0 spiro atoms. The van der Waals surface area contributed by atoms with Crippen molar-refractivity contribution in [1.82, 2.24) is 29.9 Å². The molecule has 11 heteroatoms. The first-order chi connectivity index (χ1) is 10.3. The van der Waals surface area contributed by atoms with E-state index in [4.69, 9.17) is 0 Å². The lowest BCUT2D eigenvalue weighted by Crippen LogP contribution is -2.29. The first-order valence-electron chi connectivity index (χ1n) is 6.28. The average Bonchev–Trinajstić information content (AvgIpc) is 3.04. The molecule has 1 amide bonds. The van der Waals surface area contributed by atoms with Gasteiger partial charge in [0.25, 0.3) is 11.7 Å². The Morgan fingerprint density at radius 2 is 2.18 bits per heavy atom. The second kappa shape index (κ2) is 5.07. The van der Waals surface area contributed by atoms with Gasteiger partial charge in [-0.05, 0) is 28.4 Å². The Bertz CT molecular complexity index is 737. The van der Waals surface area contributed by atoms with Gasteiger partial charge >= 0.3 is 6.18 Å². The van der Waals surface area contributed by atoms with Crippen LogP contribution in [0.2, 0.25) is 0 Å². The molecule has 118 valence electrons. The van der Waals surface area contributed by atoms with Gasteiger partial charge in [-0.15, -0.1) is 5.10 Å². The molecule has 0 radical (unpaired) electrons. The highest BCUT2D eigenvalue weighted by molar-refractivity contribution is 9.10. The summed E-state index contributed by atoms with van der Waals surface area (Å²) in [5, 5.41) is 10.1. The molecule has 3 rings (SSSR count). The zero-order valence-corrected chi connectivity index (χ0v) is 12.8. The van der Waals surface area contributed by atoms with Crippen molar-refractivity contribution in [3.63, 3.8) is 0 Å². The molecule has 1 aliphatic heterocycles. The number of hydrogen-bond donors (Lipinski definition) is 1. The second-order valence-corrected chi connectivity index (χ2v) is 5.62. The fraction of sp³-hybridized carbons (Fsp3) is 0.455. The zero-order valence-electron chi connectivity index (χ0n) is 11.2. The first kappa shape index (κ1) is 15.0. The van der Waals surface area contributed by atoms with E-state index in [2.05, 4.69) is 36.4 Å². The molecule has 1 N–H and O–H groups in total. The van der Waals surface area contributed by atoms with Crippen molar-refractivity contribution in [1.29, 1.82) is 0 Å². The number of carbonyl (C=O) groups is 1.